The molecule has 0 aliphatic heterocycles. The van der Waals surface area contributed by atoms with Crippen LogP contribution in [0.3, 0.4) is 0 Å². The molecule has 4 N–H and O–H groups in total. The quantitative estimate of drug-likeness (QED) is 0.370. The molecular formula is C21H28N4O4. The number of unbranched alkanes of at least 4 members (excludes halogenated alkanes) is 1. The van der Waals surface area contributed by atoms with Gasteiger partial charge in [-0.1, -0.05) is 12.6 Å². The van der Waals surface area contributed by atoms with Gasteiger partial charge in [-0.3, -0.25) is 0 Å². The molecule has 0 spiro atoms. The van der Waals surface area contributed by atoms with E-state index in [1.165, 1.54) is 6.07 Å². The minimum atomic E-state index is -1.01. The summed E-state index contributed by atoms with van der Waals surface area (Å²) in [6.07, 6.45) is 3.52. The summed E-state index contributed by atoms with van der Waals surface area (Å²) in [6, 6.07) is 4.80. The summed E-state index contributed by atoms with van der Waals surface area (Å²) in [5.41, 5.74) is 7.73. The fourth-order valence-corrected chi connectivity index (χ4v) is 2.66. The Morgan fingerprint density at radius 1 is 1.34 bits per heavy atom. The average molecular weight is 400 g/mol. The molecule has 1 aromatic heterocycles. The predicted molar refractivity (Wildman–Crippen MR) is 114 cm³/mol. The topological polar surface area (TPSA) is 119 Å². The van der Waals surface area contributed by atoms with Crippen LogP contribution < -0.4 is 15.8 Å². The van der Waals surface area contributed by atoms with E-state index in [9.17, 15) is 9.90 Å². The van der Waals surface area contributed by atoms with E-state index in [0.717, 1.165) is 29.4 Å². The van der Waals surface area contributed by atoms with Crippen molar-refractivity contribution in [3.05, 3.63) is 47.3 Å². The molecule has 0 amide bonds. The van der Waals surface area contributed by atoms with E-state index >= 15 is 0 Å². The molecule has 1 aromatic carbocycles. The Morgan fingerprint density at radius 3 is 2.83 bits per heavy atom. The largest absolute Gasteiger partial charge is 0.478 e. The van der Waals surface area contributed by atoms with Crippen molar-refractivity contribution in [2.24, 2.45) is 10.7 Å². The number of ether oxygens (including phenoxy) is 2. The Morgan fingerprint density at radius 2 is 2.14 bits per heavy atom. The molecule has 29 heavy (non-hydrogen) atoms. The number of hydrogen-bond donors (Lipinski definition) is 3. The van der Waals surface area contributed by atoms with Crippen LogP contribution in [0.25, 0.3) is 10.9 Å². The molecule has 0 aliphatic carbocycles. The van der Waals surface area contributed by atoms with E-state index in [4.69, 9.17) is 15.2 Å². The summed E-state index contributed by atoms with van der Waals surface area (Å²) < 4.78 is 11.3. The van der Waals surface area contributed by atoms with Crippen LogP contribution in [0.1, 0.15) is 34.3 Å². The van der Waals surface area contributed by atoms with Gasteiger partial charge in [-0.2, -0.15) is 0 Å². The molecule has 8 heteroatoms. The minimum Gasteiger partial charge on any atom is -0.478 e. The third kappa shape index (κ3) is 6.27. The van der Waals surface area contributed by atoms with Crippen molar-refractivity contribution in [1.29, 1.82) is 0 Å². The van der Waals surface area contributed by atoms with Crippen molar-refractivity contribution >= 4 is 23.1 Å². The number of aromatic carboxylic acids is 1. The van der Waals surface area contributed by atoms with Crippen LogP contribution in [0.2, 0.25) is 0 Å². The van der Waals surface area contributed by atoms with Gasteiger partial charge in [0, 0.05) is 36.4 Å². The number of carbonyl (C=O) groups is 1. The van der Waals surface area contributed by atoms with E-state index in [1.54, 1.807) is 25.4 Å². The van der Waals surface area contributed by atoms with Crippen molar-refractivity contribution in [3.8, 4) is 5.88 Å². The normalized spacial score (nSPS) is 11.1. The molecule has 0 saturated carbocycles. The smallest absolute Gasteiger partial charge is 0.335 e. The molecule has 0 saturated heterocycles. The average Bonchev–Trinajstić information content (AvgIpc) is 2.72. The van der Waals surface area contributed by atoms with Gasteiger partial charge in [0.1, 0.15) is 12.4 Å². The molecule has 0 bridgehead atoms. The van der Waals surface area contributed by atoms with Gasteiger partial charge in [-0.05, 0) is 38.4 Å². The molecule has 2 aromatic rings. The zero-order valence-corrected chi connectivity index (χ0v) is 16.9. The third-order valence-corrected chi connectivity index (χ3v) is 4.33. The molecular weight excluding hydrogens is 372 g/mol. The first-order valence-corrected chi connectivity index (χ1v) is 9.47. The van der Waals surface area contributed by atoms with E-state index in [2.05, 4.69) is 21.9 Å². The fourth-order valence-electron chi connectivity index (χ4n) is 2.66. The Kier molecular flexibility index (Phi) is 8.57. The minimum absolute atomic E-state index is 0.158. The van der Waals surface area contributed by atoms with E-state index in [0.29, 0.717) is 43.6 Å². The zero-order valence-electron chi connectivity index (χ0n) is 16.9. The lowest BCUT2D eigenvalue weighted by Gasteiger charge is -2.13. The summed E-state index contributed by atoms with van der Waals surface area (Å²) in [6.45, 7) is 7.73. The number of carboxylic acid groups (broad SMARTS) is 1. The number of fused-ring (bicyclic) bond motifs is 1. The van der Waals surface area contributed by atoms with Gasteiger partial charge in [-0.15, -0.1) is 0 Å². The van der Waals surface area contributed by atoms with Gasteiger partial charge in [0.2, 0.25) is 5.88 Å². The first-order valence-electron chi connectivity index (χ1n) is 9.47. The van der Waals surface area contributed by atoms with Crippen molar-refractivity contribution in [2.75, 3.05) is 33.4 Å². The van der Waals surface area contributed by atoms with Crippen molar-refractivity contribution in [2.45, 2.75) is 19.8 Å². The van der Waals surface area contributed by atoms with Crippen LogP contribution >= 0.6 is 0 Å². The number of aromatic nitrogens is 1. The summed E-state index contributed by atoms with van der Waals surface area (Å²) >= 11 is 0. The van der Waals surface area contributed by atoms with Gasteiger partial charge in [0.25, 0.3) is 0 Å². The lowest BCUT2D eigenvalue weighted by Crippen LogP contribution is -2.11. The Labute approximate surface area is 170 Å². The third-order valence-electron chi connectivity index (χ3n) is 4.33. The Bertz CT molecular complexity index is 896. The van der Waals surface area contributed by atoms with Crippen LogP contribution in [-0.4, -0.2) is 55.7 Å². The number of rotatable bonds is 12. The summed E-state index contributed by atoms with van der Waals surface area (Å²) in [5, 5.41) is 12.9. The fraction of sp³-hybridized carbons (Fsp3) is 0.381. The highest BCUT2D eigenvalue weighted by Crippen LogP contribution is 2.27. The maximum absolute atomic E-state index is 11.3. The maximum Gasteiger partial charge on any atom is 0.335 e. The highest BCUT2D eigenvalue weighted by atomic mass is 16.5. The van der Waals surface area contributed by atoms with E-state index < -0.39 is 5.97 Å². The van der Waals surface area contributed by atoms with Gasteiger partial charge in [0.05, 0.1) is 17.7 Å². The van der Waals surface area contributed by atoms with Crippen molar-refractivity contribution < 1.29 is 19.4 Å². The van der Waals surface area contributed by atoms with Crippen LogP contribution in [0.5, 0.6) is 5.88 Å². The predicted octanol–water partition coefficient (Wildman–Crippen LogP) is 2.49. The number of pyridine rings is 1. The maximum atomic E-state index is 11.3. The van der Waals surface area contributed by atoms with Crippen LogP contribution in [0.4, 0.5) is 0 Å². The first-order chi connectivity index (χ1) is 14.0. The van der Waals surface area contributed by atoms with Gasteiger partial charge in [-0.25, -0.2) is 14.8 Å². The Balaban J connectivity index is 2.28. The second-order valence-corrected chi connectivity index (χ2v) is 6.40. The van der Waals surface area contributed by atoms with Crippen LogP contribution in [0.15, 0.2) is 35.6 Å². The summed E-state index contributed by atoms with van der Waals surface area (Å²) in [7, 11) is 1.73. The second-order valence-electron chi connectivity index (χ2n) is 6.40. The summed E-state index contributed by atoms with van der Waals surface area (Å²) in [4.78, 5) is 20.1. The zero-order chi connectivity index (χ0) is 21.2. The number of benzene rings is 1. The monoisotopic (exact) mass is 400 g/mol. The second kappa shape index (κ2) is 11.1. The van der Waals surface area contributed by atoms with Crippen molar-refractivity contribution in [3.63, 3.8) is 0 Å². The molecule has 0 radical (unpaired) electrons. The van der Waals surface area contributed by atoms with E-state index in [1.807, 2.05) is 6.92 Å². The number of nitrogens with two attached hydrogens (primary N) is 1. The molecule has 2 rings (SSSR count). The molecule has 0 fully saturated rings. The van der Waals surface area contributed by atoms with E-state index in [-0.39, 0.29) is 5.56 Å². The molecule has 8 nitrogen and oxygen atoms in total. The number of nitrogens with zero attached hydrogens (tertiary/aromatic N) is 2. The number of nitrogens with one attached hydrogen (secondary N) is 1. The Hall–Kier alpha value is -2.97. The van der Waals surface area contributed by atoms with Gasteiger partial charge >= 0.3 is 5.97 Å². The standard InChI is InChI=1S/C21H28N4O4/c1-14-18(13-24-15(2)23-3)17-7-6-16(21(26)27)12-19(17)25-20(14)29-11-10-28-9-5-4-8-22/h6-7,12-13,23H,2,4-5,8-11,22H2,1,3H3,(H,26,27). The highest BCUT2D eigenvalue weighted by molar-refractivity contribution is 6.02. The molecule has 0 atom stereocenters. The van der Waals surface area contributed by atoms with Crippen LogP contribution in [0, 0.1) is 6.92 Å². The first kappa shape index (κ1) is 22.3. The highest BCUT2D eigenvalue weighted by Gasteiger charge is 2.14. The lowest BCUT2D eigenvalue weighted by molar-refractivity contribution is 0.0697. The van der Waals surface area contributed by atoms with Gasteiger partial charge < -0.3 is 25.6 Å². The number of aliphatic imine (C=N–C) groups is 1. The SMILES string of the molecule is C=C(N=Cc1c(C)c(OCCOCCCCN)nc2cc(C(=O)O)ccc12)NC. The lowest BCUT2D eigenvalue weighted by atomic mass is 10.0. The molecule has 156 valence electrons. The molecule has 1 heterocycles. The number of hydrogen-bond acceptors (Lipinski definition) is 7. The van der Waals surface area contributed by atoms with Gasteiger partial charge in [0.15, 0.2) is 0 Å². The summed E-state index contributed by atoms with van der Waals surface area (Å²) in [5.74, 6) is -0.0895. The van der Waals surface area contributed by atoms with Crippen LogP contribution in [-0.2, 0) is 4.74 Å². The van der Waals surface area contributed by atoms with Crippen molar-refractivity contribution in [1.82, 2.24) is 10.3 Å². The molecule has 0 aliphatic rings. The number of carboxylic acids is 1. The molecule has 0 unspecified atom stereocenters.